The summed E-state index contributed by atoms with van der Waals surface area (Å²) in [6.07, 6.45) is 0.938. The molecule has 0 radical (unpaired) electrons. The Hall–Kier alpha value is -1.38. The minimum atomic E-state index is -3.45. The molecule has 0 saturated carbocycles. The average molecular weight is 266 g/mol. The van der Waals surface area contributed by atoms with Crippen LogP contribution in [0.4, 0.5) is 0 Å². The number of hydrogen-bond acceptors (Lipinski definition) is 3. The van der Waals surface area contributed by atoms with Crippen molar-refractivity contribution in [3.8, 4) is 6.07 Å². The van der Waals surface area contributed by atoms with E-state index in [-0.39, 0.29) is 4.90 Å². The molecule has 5 heteroatoms. The number of nitriles is 1. The molecular formula is C13H18N2O2S. The van der Waals surface area contributed by atoms with Gasteiger partial charge in [0, 0.05) is 13.6 Å². The summed E-state index contributed by atoms with van der Waals surface area (Å²) in [4.78, 5) is 0.229. The van der Waals surface area contributed by atoms with E-state index in [0.29, 0.717) is 18.0 Å². The van der Waals surface area contributed by atoms with Crippen LogP contribution in [0.15, 0.2) is 29.2 Å². The summed E-state index contributed by atoms with van der Waals surface area (Å²) in [5.41, 5.74) is 0.457. The van der Waals surface area contributed by atoms with Gasteiger partial charge in [0.05, 0.1) is 16.5 Å². The Morgan fingerprint density at radius 3 is 2.33 bits per heavy atom. The molecule has 1 unspecified atom stereocenters. The Bertz CT molecular complexity index is 529. The molecule has 1 atom stereocenters. The largest absolute Gasteiger partial charge is 0.242 e. The van der Waals surface area contributed by atoms with Gasteiger partial charge in [0.1, 0.15) is 0 Å². The lowest BCUT2D eigenvalue weighted by atomic mass is 10.1. The second kappa shape index (κ2) is 5.98. The van der Waals surface area contributed by atoms with Gasteiger partial charge in [-0.25, -0.2) is 12.7 Å². The number of nitrogens with zero attached hydrogens (tertiary/aromatic N) is 2. The van der Waals surface area contributed by atoms with E-state index < -0.39 is 10.0 Å². The van der Waals surface area contributed by atoms with E-state index in [0.717, 1.165) is 6.42 Å². The van der Waals surface area contributed by atoms with Crippen molar-refractivity contribution >= 4 is 10.0 Å². The first-order valence-corrected chi connectivity index (χ1v) is 7.32. The van der Waals surface area contributed by atoms with Gasteiger partial charge in [-0.1, -0.05) is 20.3 Å². The topological polar surface area (TPSA) is 61.2 Å². The van der Waals surface area contributed by atoms with Crippen LogP contribution >= 0.6 is 0 Å². The molecule has 0 amide bonds. The minimum Gasteiger partial charge on any atom is -0.207 e. The summed E-state index contributed by atoms with van der Waals surface area (Å²) in [7, 11) is -1.86. The van der Waals surface area contributed by atoms with Crippen LogP contribution in [-0.2, 0) is 10.0 Å². The van der Waals surface area contributed by atoms with Gasteiger partial charge in [-0.05, 0) is 30.2 Å². The van der Waals surface area contributed by atoms with Crippen molar-refractivity contribution in [1.82, 2.24) is 4.31 Å². The fraction of sp³-hybridized carbons (Fsp3) is 0.462. The molecular weight excluding hydrogens is 248 g/mol. The molecule has 0 aliphatic rings. The third-order valence-corrected chi connectivity index (χ3v) is 4.79. The van der Waals surface area contributed by atoms with Gasteiger partial charge in [-0.3, -0.25) is 0 Å². The highest BCUT2D eigenvalue weighted by atomic mass is 32.2. The SMILES string of the molecule is CCC(C)CN(C)S(=O)(=O)c1ccc(C#N)cc1. The number of sulfonamides is 1. The summed E-state index contributed by atoms with van der Waals surface area (Å²) in [5, 5.41) is 8.68. The lowest BCUT2D eigenvalue weighted by Crippen LogP contribution is -2.31. The first kappa shape index (κ1) is 14.7. The Labute approximate surface area is 109 Å². The zero-order chi connectivity index (χ0) is 13.8. The van der Waals surface area contributed by atoms with Crippen molar-refractivity contribution < 1.29 is 8.42 Å². The fourth-order valence-corrected chi connectivity index (χ4v) is 2.84. The Morgan fingerprint density at radius 1 is 1.33 bits per heavy atom. The Morgan fingerprint density at radius 2 is 1.89 bits per heavy atom. The quantitative estimate of drug-likeness (QED) is 0.821. The Balaban J connectivity index is 2.95. The number of hydrogen-bond donors (Lipinski definition) is 0. The van der Waals surface area contributed by atoms with Crippen molar-refractivity contribution in [2.45, 2.75) is 25.2 Å². The first-order chi connectivity index (χ1) is 8.41. The van der Waals surface area contributed by atoms with Crippen molar-refractivity contribution in [3.05, 3.63) is 29.8 Å². The van der Waals surface area contributed by atoms with Crippen molar-refractivity contribution in [2.24, 2.45) is 5.92 Å². The van der Waals surface area contributed by atoms with Crippen molar-refractivity contribution in [2.75, 3.05) is 13.6 Å². The van der Waals surface area contributed by atoms with Crippen LogP contribution in [0.1, 0.15) is 25.8 Å². The van der Waals surface area contributed by atoms with Crippen LogP contribution in [0.2, 0.25) is 0 Å². The molecule has 18 heavy (non-hydrogen) atoms. The maximum absolute atomic E-state index is 12.2. The third-order valence-electron chi connectivity index (χ3n) is 2.96. The van der Waals surface area contributed by atoms with Gasteiger partial charge < -0.3 is 0 Å². The highest BCUT2D eigenvalue weighted by Crippen LogP contribution is 2.16. The molecule has 1 rings (SSSR count). The lowest BCUT2D eigenvalue weighted by molar-refractivity contribution is 0.393. The van der Waals surface area contributed by atoms with E-state index in [1.807, 2.05) is 19.9 Å². The molecule has 0 aliphatic heterocycles. The summed E-state index contributed by atoms with van der Waals surface area (Å²) < 4.78 is 25.8. The lowest BCUT2D eigenvalue weighted by Gasteiger charge is -2.20. The van der Waals surface area contributed by atoms with E-state index in [4.69, 9.17) is 5.26 Å². The summed E-state index contributed by atoms with van der Waals surface area (Å²) >= 11 is 0. The zero-order valence-corrected chi connectivity index (χ0v) is 11.7. The summed E-state index contributed by atoms with van der Waals surface area (Å²) in [5.74, 6) is 0.322. The predicted octanol–water partition coefficient (Wildman–Crippen LogP) is 2.22. The van der Waals surface area contributed by atoms with Crippen LogP contribution in [0.25, 0.3) is 0 Å². The van der Waals surface area contributed by atoms with Gasteiger partial charge in [0.25, 0.3) is 0 Å². The predicted molar refractivity (Wildman–Crippen MR) is 70.4 cm³/mol. The summed E-state index contributed by atoms with van der Waals surface area (Å²) in [6.45, 7) is 4.55. The van der Waals surface area contributed by atoms with Crippen LogP contribution in [0.5, 0.6) is 0 Å². The van der Waals surface area contributed by atoms with Crippen LogP contribution in [0.3, 0.4) is 0 Å². The highest BCUT2D eigenvalue weighted by molar-refractivity contribution is 7.89. The van der Waals surface area contributed by atoms with Gasteiger partial charge in [0.15, 0.2) is 0 Å². The maximum Gasteiger partial charge on any atom is 0.242 e. The van der Waals surface area contributed by atoms with E-state index in [9.17, 15) is 8.42 Å². The number of rotatable bonds is 5. The second-order valence-corrected chi connectivity index (χ2v) is 6.48. The molecule has 1 aromatic rings. The van der Waals surface area contributed by atoms with Crippen molar-refractivity contribution in [3.63, 3.8) is 0 Å². The molecule has 4 nitrogen and oxygen atoms in total. The van der Waals surface area contributed by atoms with Crippen molar-refractivity contribution in [1.29, 1.82) is 5.26 Å². The molecule has 0 bridgehead atoms. The highest BCUT2D eigenvalue weighted by Gasteiger charge is 2.21. The van der Waals surface area contributed by atoms with Crippen LogP contribution in [0, 0.1) is 17.2 Å². The maximum atomic E-state index is 12.2. The molecule has 0 fully saturated rings. The first-order valence-electron chi connectivity index (χ1n) is 5.88. The molecule has 0 aromatic heterocycles. The van der Waals surface area contributed by atoms with E-state index in [1.165, 1.54) is 28.6 Å². The van der Waals surface area contributed by atoms with E-state index in [1.54, 1.807) is 7.05 Å². The summed E-state index contributed by atoms with van der Waals surface area (Å²) in [6, 6.07) is 7.95. The minimum absolute atomic E-state index is 0.229. The molecule has 0 spiro atoms. The van der Waals surface area contributed by atoms with E-state index >= 15 is 0 Å². The van der Waals surface area contributed by atoms with Gasteiger partial charge in [-0.2, -0.15) is 5.26 Å². The molecule has 0 aliphatic carbocycles. The monoisotopic (exact) mass is 266 g/mol. The van der Waals surface area contributed by atoms with Crippen LogP contribution < -0.4 is 0 Å². The smallest absolute Gasteiger partial charge is 0.207 e. The zero-order valence-electron chi connectivity index (χ0n) is 10.9. The third kappa shape index (κ3) is 3.31. The van der Waals surface area contributed by atoms with Crippen LogP contribution in [-0.4, -0.2) is 26.3 Å². The van der Waals surface area contributed by atoms with Gasteiger partial charge >= 0.3 is 0 Å². The van der Waals surface area contributed by atoms with E-state index in [2.05, 4.69) is 0 Å². The standard InChI is InChI=1S/C13H18N2O2S/c1-4-11(2)10-15(3)18(16,17)13-7-5-12(9-14)6-8-13/h5-8,11H,4,10H2,1-3H3. The average Bonchev–Trinajstić information content (AvgIpc) is 2.38. The van der Waals surface area contributed by atoms with Gasteiger partial charge in [-0.15, -0.1) is 0 Å². The number of benzene rings is 1. The van der Waals surface area contributed by atoms with Gasteiger partial charge in [0.2, 0.25) is 10.0 Å². The molecule has 0 heterocycles. The fourth-order valence-electron chi connectivity index (χ4n) is 1.55. The Kier molecular flexibility index (Phi) is 4.88. The molecule has 0 saturated heterocycles. The molecule has 0 N–H and O–H groups in total. The second-order valence-electron chi connectivity index (χ2n) is 4.44. The normalized spacial score (nSPS) is 13.3. The molecule has 98 valence electrons. The molecule has 1 aromatic carbocycles.